The molecule has 0 radical (unpaired) electrons. The topological polar surface area (TPSA) is 58.6 Å². The van der Waals surface area contributed by atoms with Crippen molar-refractivity contribution in [2.24, 2.45) is 5.92 Å². The fourth-order valence-electron chi connectivity index (χ4n) is 4.10. The molecule has 2 unspecified atom stereocenters. The molecule has 1 aliphatic heterocycles. The molecule has 0 saturated carbocycles. The zero-order valence-corrected chi connectivity index (χ0v) is 17.5. The fraction of sp³-hybridized carbons (Fsp3) is 0.231. The van der Waals surface area contributed by atoms with Gasteiger partial charge in [0.15, 0.2) is 0 Å². The molecule has 0 aromatic heterocycles. The first-order valence-corrected chi connectivity index (χ1v) is 10.5. The standard InChI is InChI=1S/C26H26N2O3/c1-31-22-14-12-20(13-15-22)23-17-28(26(30)21-10-6-3-7-11-21)18-24(23)25(29)27-16-19-8-4-2-5-9-19/h2-15,23-24H,16-18H2,1H3,(H,27,29). The van der Waals surface area contributed by atoms with E-state index in [1.807, 2.05) is 84.9 Å². The third-order valence-corrected chi connectivity index (χ3v) is 5.82. The molecule has 5 heteroatoms. The Labute approximate surface area is 182 Å². The van der Waals surface area contributed by atoms with Crippen LogP contribution in [0.1, 0.15) is 27.4 Å². The summed E-state index contributed by atoms with van der Waals surface area (Å²) in [7, 11) is 1.63. The number of nitrogens with one attached hydrogen (secondary N) is 1. The summed E-state index contributed by atoms with van der Waals surface area (Å²) in [6, 6.07) is 26.8. The quantitative estimate of drug-likeness (QED) is 0.666. The maximum atomic E-state index is 13.2. The van der Waals surface area contributed by atoms with Crippen molar-refractivity contribution >= 4 is 11.8 Å². The predicted octanol–water partition coefficient (Wildman–Crippen LogP) is 3.87. The third-order valence-electron chi connectivity index (χ3n) is 5.82. The molecule has 0 aliphatic carbocycles. The highest BCUT2D eigenvalue weighted by molar-refractivity contribution is 5.95. The average molecular weight is 415 g/mol. The van der Waals surface area contributed by atoms with E-state index in [2.05, 4.69) is 5.32 Å². The molecule has 3 aromatic carbocycles. The third kappa shape index (κ3) is 4.77. The van der Waals surface area contributed by atoms with Gasteiger partial charge in [0.05, 0.1) is 13.0 Å². The highest BCUT2D eigenvalue weighted by Crippen LogP contribution is 2.34. The Morgan fingerprint density at radius 2 is 1.55 bits per heavy atom. The first-order chi connectivity index (χ1) is 15.2. The largest absolute Gasteiger partial charge is 0.497 e. The number of nitrogens with zero attached hydrogens (tertiary/aromatic N) is 1. The van der Waals surface area contributed by atoms with Gasteiger partial charge in [-0.3, -0.25) is 9.59 Å². The summed E-state index contributed by atoms with van der Waals surface area (Å²) in [4.78, 5) is 28.0. The van der Waals surface area contributed by atoms with Gasteiger partial charge in [-0.1, -0.05) is 60.7 Å². The van der Waals surface area contributed by atoms with Crippen LogP contribution in [0.15, 0.2) is 84.9 Å². The highest BCUT2D eigenvalue weighted by Gasteiger charge is 2.40. The fourth-order valence-corrected chi connectivity index (χ4v) is 4.10. The van der Waals surface area contributed by atoms with Crippen LogP contribution in [-0.2, 0) is 11.3 Å². The van der Waals surface area contributed by atoms with Gasteiger partial charge < -0.3 is 15.0 Å². The molecule has 0 bridgehead atoms. The lowest BCUT2D eigenvalue weighted by Crippen LogP contribution is -2.35. The zero-order chi connectivity index (χ0) is 21.6. The van der Waals surface area contributed by atoms with Crippen LogP contribution in [0.4, 0.5) is 0 Å². The van der Waals surface area contributed by atoms with Crippen LogP contribution >= 0.6 is 0 Å². The van der Waals surface area contributed by atoms with Crippen molar-refractivity contribution in [2.75, 3.05) is 20.2 Å². The van der Waals surface area contributed by atoms with Crippen LogP contribution < -0.4 is 10.1 Å². The average Bonchev–Trinajstić information content (AvgIpc) is 3.29. The van der Waals surface area contributed by atoms with Gasteiger partial charge in [0.2, 0.25) is 5.91 Å². The number of hydrogen-bond donors (Lipinski definition) is 1. The Morgan fingerprint density at radius 3 is 2.19 bits per heavy atom. The number of carbonyl (C=O) groups excluding carboxylic acids is 2. The zero-order valence-electron chi connectivity index (χ0n) is 17.5. The molecule has 31 heavy (non-hydrogen) atoms. The second-order valence-electron chi connectivity index (χ2n) is 7.77. The summed E-state index contributed by atoms with van der Waals surface area (Å²) in [5, 5.41) is 3.06. The van der Waals surface area contributed by atoms with Crippen molar-refractivity contribution in [3.63, 3.8) is 0 Å². The normalized spacial score (nSPS) is 17.9. The summed E-state index contributed by atoms with van der Waals surface area (Å²) in [5.74, 6) is 0.300. The van der Waals surface area contributed by atoms with Gasteiger partial charge in [-0.2, -0.15) is 0 Å². The van der Waals surface area contributed by atoms with Crippen molar-refractivity contribution in [1.82, 2.24) is 10.2 Å². The Hall–Kier alpha value is -3.60. The Kier molecular flexibility index (Phi) is 6.32. The minimum absolute atomic E-state index is 0.0342. The molecular weight excluding hydrogens is 388 g/mol. The molecule has 1 fully saturated rings. The van der Waals surface area contributed by atoms with Crippen molar-refractivity contribution in [3.8, 4) is 5.75 Å². The number of hydrogen-bond acceptors (Lipinski definition) is 3. The molecule has 2 atom stereocenters. The van der Waals surface area contributed by atoms with Gasteiger partial charge >= 0.3 is 0 Å². The number of methoxy groups -OCH3 is 1. The Bertz CT molecular complexity index is 1020. The summed E-state index contributed by atoms with van der Waals surface area (Å²) in [5.41, 5.74) is 2.72. The number of carbonyl (C=O) groups is 2. The van der Waals surface area contributed by atoms with Crippen LogP contribution in [-0.4, -0.2) is 36.9 Å². The number of rotatable bonds is 6. The molecule has 2 amide bonds. The van der Waals surface area contributed by atoms with Crippen molar-refractivity contribution < 1.29 is 14.3 Å². The van der Waals surface area contributed by atoms with E-state index >= 15 is 0 Å². The minimum Gasteiger partial charge on any atom is -0.497 e. The molecule has 158 valence electrons. The summed E-state index contributed by atoms with van der Waals surface area (Å²) >= 11 is 0. The first kappa shape index (κ1) is 20.7. The summed E-state index contributed by atoms with van der Waals surface area (Å²) in [6.07, 6.45) is 0. The van der Waals surface area contributed by atoms with Gasteiger partial charge in [0.25, 0.3) is 5.91 Å². The van der Waals surface area contributed by atoms with Crippen LogP contribution in [0, 0.1) is 5.92 Å². The first-order valence-electron chi connectivity index (χ1n) is 10.5. The lowest BCUT2D eigenvalue weighted by Gasteiger charge is -2.18. The van der Waals surface area contributed by atoms with Crippen molar-refractivity contribution in [2.45, 2.75) is 12.5 Å². The van der Waals surface area contributed by atoms with E-state index < -0.39 is 0 Å². The minimum atomic E-state index is -0.315. The Balaban J connectivity index is 1.54. The lowest BCUT2D eigenvalue weighted by atomic mass is 9.88. The molecule has 1 heterocycles. The molecule has 4 rings (SSSR count). The van der Waals surface area contributed by atoms with E-state index in [9.17, 15) is 9.59 Å². The molecule has 1 N–H and O–H groups in total. The van der Waals surface area contributed by atoms with Crippen LogP contribution in [0.2, 0.25) is 0 Å². The van der Waals surface area contributed by atoms with E-state index in [0.717, 1.165) is 16.9 Å². The van der Waals surface area contributed by atoms with Gasteiger partial charge in [-0.25, -0.2) is 0 Å². The predicted molar refractivity (Wildman–Crippen MR) is 120 cm³/mol. The number of likely N-dealkylation sites (tertiary alicyclic amines) is 1. The lowest BCUT2D eigenvalue weighted by molar-refractivity contribution is -0.125. The van der Waals surface area contributed by atoms with Gasteiger partial charge in [0, 0.05) is 31.1 Å². The number of ether oxygens (including phenoxy) is 1. The molecular formula is C26H26N2O3. The second kappa shape index (κ2) is 9.47. The molecule has 1 saturated heterocycles. The number of amides is 2. The van der Waals surface area contributed by atoms with E-state index in [1.54, 1.807) is 12.0 Å². The summed E-state index contributed by atoms with van der Waals surface area (Å²) < 4.78 is 5.27. The van der Waals surface area contributed by atoms with Crippen LogP contribution in [0.25, 0.3) is 0 Å². The Morgan fingerprint density at radius 1 is 0.903 bits per heavy atom. The molecule has 5 nitrogen and oxygen atoms in total. The highest BCUT2D eigenvalue weighted by atomic mass is 16.5. The van der Waals surface area contributed by atoms with E-state index in [4.69, 9.17) is 4.74 Å². The van der Waals surface area contributed by atoms with Gasteiger partial charge in [-0.05, 0) is 35.4 Å². The van der Waals surface area contributed by atoms with Crippen molar-refractivity contribution in [1.29, 1.82) is 0 Å². The molecule has 3 aromatic rings. The maximum absolute atomic E-state index is 13.2. The van der Waals surface area contributed by atoms with E-state index in [-0.39, 0.29) is 23.7 Å². The van der Waals surface area contributed by atoms with E-state index in [0.29, 0.717) is 25.2 Å². The van der Waals surface area contributed by atoms with Gasteiger partial charge in [0.1, 0.15) is 5.75 Å². The van der Waals surface area contributed by atoms with E-state index in [1.165, 1.54) is 0 Å². The SMILES string of the molecule is COc1ccc(C2CN(C(=O)c3ccccc3)CC2C(=O)NCc2ccccc2)cc1. The number of benzene rings is 3. The maximum Gasteiger partial charge on any atom is 0.253 e. The van der Waals surface area contributed by atoms with Crippen LogP contribution in [0.5, 0.6) is 5.75 Å². The monoisotopic (exact) mass is 414 g/mol. The van der Waals surface area contributed by atoms with Crippen LogP contribution in [0.3, 0.4) is 0 Å². The summed E-state index contributed by atoms with van der Waals surface area (Å²) in [6.45, 7) is 1.37. The molecule has 0 spiro atoms. The second-order valence-corrected chi connectivity index (χ2v) is 7.77. The molecule has 1 aliphatic rings. The van der Waals surface area contributed by atoms with Crippen molar-refractivity contribution in [3.05, 3.63) is 102 Å². The smallest absolute Gasteiger partial charge is 0.253 e. The van der Waals surface area contributed by atoms with Gasteiger partial charge in [-0.15, -0.1) is 0 Å².